The van der Waals surface area contributed by atoms with Gasteiger partial charge in [0.2, 0.25) is 0 Å². The van der Waals surface area contributed by atoms with Crippen LogP contribution in [0.1, 0.15) is 16.2 Å². The van der Waals surface area contributed by atoms with Crippen LogP contribution in [-0.4, -0.2) is 85.0 Å². The number of rotatable bonds is 3. The lowest BCUT2D eigenvalue weighted by Crippen LogP contribution is -2.47. The molecule has 5 rings (SSSR count). The second kappa shape index (κ2) is 7.28. The predicted molar refractivity (Wildman–Crippen MR) is 106 cm³/mol. The van der Waals surface area contributed by atoms with Crippen LogP contribution in [0.5, 0.6) is 0 Å². The van der Waals surface area contributed by atoms with Crippen LogP contribution in [0.4, 0.5) is 5.82 Å². The summed E-state index contributed by atoms with van der Waals surface area (Å²) in [5.41, 5.74) is 1.55. The van der Waals surface area contributed by atoms with Crippen molar-refractivity contribution in [2.24, 2.45) is 0 Å². The van der Waals surface area contributed by atoms with Crippen molar-refractivity contribution in [3.8, 4) is 5.82 Å². The lowest BCUT2D eigenvalue weighted by atomic mass is 10.2. The summed E-state index contributed by atoms with van der Waals surface area (Å²) in [7, 11) is 2.08. The summed E-state index contributed by atoms with van der Waals surface area (Å²) in [6.07, 6.45) is 5.13. The van der Waals surface area contributed by atoms with Crippen molar-refractivity contribution in [1.82, 2.24) is 39.3 Å². The molecule has 0 N–H and O–H groups in total. The number of aromatic nitrogens is 6. The largest absolute Gasteiger partial charge is 0.349 e. The smallest absolute Gasteiger partial charge is 0.274 e. The number of amides is 1. The summed E-state index contributed by atoms with van der Waals surface area (Å²) in [6, 6.07) is 5.71. The SMILES string of the molecule is CN1CCN(C(=O)c2cc3n(n2)CCN(c2cc(-n4cccn4)ncn2)C3)CC1. The van der Waals surface area contributed by atoms with Crippen molar-refractivity contribution in [3.05, 3.63) is 48.3 Å². The molecule has 150 valence electrons. The van der Waals surface area contributed by atoms with Gasteiger partial charge in [-0.25, -0.2) is 14.6 Å². The zero-order valence-electron chi connectivity index (χ0n) is 16.3. The fourth-order valence-corrected chi connectivity index (χ4v) is 3.78. The monoisotopic (exact) mass is 393 g/mol. The van der Waals surface area contributed by atoms with Crippen LogP contribution in [0.15, 0.2) is 36.9 Å². The minimum atomic E-state index is 0.0227. The van der Waals surface area contributed by atoms with Gasteiger partial charge < -0.3 is 14.7 Å². The molecule has 0 aromatic carbocycles. The van der Waals surface area contributed by atoms with Crippen molar-refractivity contribution < 1.29 is 4.79 Å². The fourth-order valence-electron chi connectivity index (χ4n) is 3.78. The highest BCUT2D eigenvalue weighted by Gasteiger charge is 2.26. The summed E-state index contributed by atoms with van der Waals surface area (Å²) >= 11 is 0. The van der Waals surface area contributed by atoms with E-state index in [9.17, 15) is 4.79 Å². The third-order valence-electron chi connectivity index (χ3n) is 5.51. The minimum Gasteiger partial charge on any atom is -0.349 e. The van der Waals surface area contributed by atoms with Gasteiger partial charge in [-0.05, 0) is 19.2 Å². The third-order valence-corrected chi connectivity index (χ3v) is 5.51. The van der Waals surface area contributed by atoms with E-state index >= 15 is 0 Å². The van der Waals surface area contributed by atoms with Gasteiger partial charge in [0.15, 0.2) is 11.5 Å². The van der Waals surface area contributed by atoms with Crippen molar-refractivity contribution in [3.63, 3.8) is 0 Å². The second-order valence-corrected chi connectivity index (χ2v) is 7.45. The second-order valence-electron chi connectivity index (χ2n) is 7.45. The number of carbonyl (C=O) groups excluding carboxylic acids is 1. The van der Waals surface area contributed by atoms with E-state index in [0.29, 0.717) is 18.8 Å². The average molecular weight is 393 g/mol. The fraction of sp³-hybridized carbons (Fsp3) is 0.421. The maximum Gasteiger partial charge on any atom is 0.274 e. The van der Waals surface area contributed by atoms with E-state index in [4.69, 9.17) is 0 Å². The van der Waals surface area contributed by atoms with E-state index in [2.05, 4.69) is 37.0 Å². The van der Waals surface area contributed by atoms with Crippen LogP contribution in [0.3, 0.4) is 0 Å². The molecule has 3 aromatic rings. The van der Waals surface area contributed by atoms with E-state index in [1.165, 1.54) is 0 Å². The summed E-state index contributed by atoms with van der Waals surface area (Å²) in [4.78, 5) is 27.9. The van der Waals surface area contributed by atoms with Gasteiger partial charge in [-0.3, -0.25) is 9.48 Å². The molecule has 29 heavy (non-hydrogen) atoms. The number of carbonyl (C=O) groups is 1. The van der Waals surface area contributed by atoms with E-state index < -0.39 is 0 Å². The van der Waals surface area contributed by atoms with Crippen LogP contribution in [0, 0.1) is 0 Å². The third kappa shape index (κ3) is 3.46. The number of hydrogen-bond acceptors (Lipinski definition) is 7. The van der Waals surface area contributed by atoms with Gasteiger partial charge in [-0.2, -0.15) is 10.2 Å². The van der Waals surface area contributed by atoms with E-state index in [1.807, 2.05) is 34.0 Å². The summed E-state index contributed by atoms with van der Waals surface area (Å²) in [5, 5.41) is 8.80. The molecule has 0 spiro atoms. The summed E-state index contributed by atoms with van der Waals surface area (Å²) < 4.78 is 3.65. The van der Waals surface area contributed by atoms with Crippen LogP contribution in [-0.2, 0) is 13.1 Å². The highest BCUT2D eigenvalue weighted by molar-refractivity contribution is 5.92. The molecule has 2 aliphatic heterocycles. The van der Waals surface area contributed by atoms with Gasteiger partial charge in [0.05, 0.1) is 18.8 Å². The molecule has 0 bridgehead atoms. The molecule has 0 unspecified atom stereocenters. The van der Waals surface area contributed by atoms with Crippen molar-refractivity contribution >= 4 is 11.7 Å². The normalized spacial score (nSPS) is 17.4. The maximum absolute atomic E-state index is 12.8. The number of anilines is 1. The first kappa shape index (κ1) is 17.8. The van der Waals surface area contributed by atoms with Crippen LogP contribution >= 0.6 is 0 Å². The Morgan fingerprint density at radius 3 is 2.62 bits per heavy atom. The predicted octanol–water partition coefficient (Wildman–Crippen LogP) is 0.267. The quantitative estimate of drug-likeness (QED) is 0.631. The molecular weight excluding hydrogens is 370 g/mol. The number of hydrogen-bond donors (Lipinski definition) is 0. The summed E-state index contributed by atoms with van der Waals surface area (Å²) in [5.74, 6) is 1.59. The molecule has 0 radical (unpaired) electrons. The van der Waals surface area contributed by atoms with Crippen molar-refractivity contribution in [1.29, 1.82) is 0 Å². The van der Waals surface area contributed by atoms with E-state index in [1.54, 1.807) is 17.2 Å². The Morgan fingerprint density at radius 1 is 1.00 bits per heavy atom. The first-order chi connectivity index (χ1) is 14.2. The molecule has 0 saturated carbocycles. The zero-order chi connectivity index (χ0) is 19.8. The van der Waals surface area contributed by atoms with Gasteiger partial charge in [0.25, 0.3) is 5.91 Å². The maximum atomic E-state index is 12.8. The van der Waals surface area contributed by atoms with Crippen LogP contribution < -0.4 is 4.90 Å². The Balaban J connectivity index is 1.33. The topological polar surface area (TPSA) is 88.2 Å². The molecule has 10 heteroatoms. The number of nitrogens with zero attached hydrogens (tertiary/aromatic N) is 9. The number of likely N-dealkylation sites (N-methyl/N-ethyl adjacent to an activating group) is 1. The molecule has 1 fully saturated rings. The molecule has 0 atom stereocenters. The molecule has 1 saturated heterocycles. The molecule has 3 aromatic heterocycles. The Hall–Kier alpha value is -3.27. The first-order valence-corrected chi connectivity index (χ1v) is 9.79. The Morgan fingerprint density at radius 2 is 1.83 bits per heavy atom. The molecular formula is C19H23N9O. The lowest BCUT2D eigenvalue weighted by Gasteiger charge is -2.31. The average Bonchev–Trinajstić information content (AvgIpc) is 3.43. The zero-order valence-corrected chi connectivity index (χ0v) is 16.3. The molecule has 1 amide bonds. The first-order valence-electron chi connectivity index (χ1n) is 9.79. The highest BCUT2D eigenvalue weighted by atomic mass is 16.2. The minimum absolute atomic E-state index is 0.0227. The summed E-state index contributed by atoms with van der Waals surface area (Å²) in [6.45, 7) is 5.44. The van der Waals surface area contributed by atoms with Gasteiger partial charge in [-0.15, -0.1) is 0 Å². The molecule has 5 heterocycles. The molecule has 0 aliphatic carbocycles. The van der Waals surface area contributed by atoms with Crippen LogP contribution in [0.2, 0.25) is 0 Å². The Bertz CT molecular complexity index is 1000. The van der Waals surface area contributed by atoms with Crippen LogP contribution in [0.25, 0.3) is 5.82 Å². The van der Waals surface area contributed by atoms with Gasteiger partial charge in [-0.1, -0.05) is 0 Å². The van der Waals surface area contributed by atoms with Gasteiger partial charge in [0.1, 0.15) is 12.1 Å². The lowest BCUT2D eigenvalue weighted by molar-refractivity contribution is 0.0657. The highest BCUT2D eigenvalue weighted by Crippen LogP contribution is 2.21. The Labute approximate surface area is 168 Å². The molecule has 10 nitrogen and oxygen atoms in total. The van der Waals surface area contributed by atoms with Gasteiger partial charge >= 0.3 is 0 Å². The van der Waals surface area contributed by atoms with Gasteiger partial charge in [0, 0.05) is 51.2 Å². The molecule has 2 aliphatic rings. The van der Waals surface area contributed by atoms with Crippen molar-refractivity contribution in [2.45, 2.75) is 13.1 Å². The Kier molecular flexibility index (Phi) is 4.47. The van der Waals surface area contributed by atoms with E-state index in [-0.39, 0.29) is 5.91 Å². The van der Waals surface area contributed by atoms with Crippen molar-refractivity contribution in [2.75, 3.05) is 44.7 Å². The standard InChI is InChI=1S/C19H23N9O/c1-24-5-7-25(8-6-24)19(29)16-11-15-13-26(9-10-27(15)23-16)17-12-18(21-14-20-17)28-4-2-3-22-28/h2-4,11-12,14H,5-10,13H2,1H3. The number of fused-ring (bicyclic) bond motifs is 1. The van der Waals surface area contributed by atoms with E-state index in [0.717, 1.165) is 50.1 Å². The number of piperazine rings is 1.